The van der Waals surface area contributed by atoms with Gasteiger partial charge in [-0.15, -0.1) is 0 Å². The second-order valence-electron chi connectivity index (χ2n) is 8.31. The maximum Gasteiger partial charge on any atom is 0.0984 e. The lowest BCUT2D eigenvalue weighted by Gasteiger charge is -2.26. The molecule has 6 heteroatoms. The van der Waals surface area contributed by atoms with Gasteiger partial charge in [0.25, 0.3) is 0 Å². The van der Waals surface area contributed by atoms with Gasteiger partial charge in [0, 0.05) is 42.9 Å². The first-order valence-electron chi connectivity index (χ1n) is 10.3. The summed E-state index contributed by atoms with van der Waals surface area (Å²) in [6.45, 7) is 7.25. The van der Waals surface area contributed by atoms with Crippen LogP contribution in [0, 0.1) is 0 Å². The number of hydrogen-bond donors (Lipinski definition) is 0. The summed E-state index contributed by atoms with van der Waals surface area (Å²) in [5.74, 6) is 0. The Bertz CT molecular complexity index is 831. The summed E-state index contributed by atoms with van der Waals surface area (Å²) >= 11 is 0. The Balaban J connectivity index is 1.30. The van der Waals surface area contributed by atoms with E-state index in [2.05, 4.69) is 46.2 Å². The van der Waals surface area contributed by atoms with Crippen LogP contribution in [0.2, 0.25) is 0 Å². The van der Waals surface area contributed by atoms with Gasteiger partial charge in [-0.25, -0.2) is 0 Å². The van der Waals surface area contributed by atoms with E-state index in [0.717, 1.165) is 52.6 Å². The van der Waals surface area contributed by atoms with Gasteiger partial charge < -0.3 is 28.7 Å². The Morgan fingerprint density at radius 3 is 1.75 bits per heavy atom. The van der Waals surface area contributed by atoms with Gasteiger partial charge in [-0.3, -0.25) is 0 Å². The minimum atomic E-state index is 0.362. The molecule has 4 saturated heterocycles. The zero-order valence-electron chi connectivity index (χ0n) is 16.0. The van der Waals surface area contributed by atoms with Crippen molar-refractivity contribution in [2.45, 2.75) is 24.4 Å². The normalized spacial score (nSPS) is 29.6. The van der Waals surface area contributed by atoms with Gasteiger partial charge >= 0.3 is 0 Å². The Morgan fingerprint density at radius 2 is 1.21 bits per heavy atom. The highest BCUT2D eigenvalue weighted by molar-refractivity contribution is 5.96. The van der Waals surface area contributed by atoms with E-state index in [1.54, 1.807) is 0 Å². The maximum atomic E-state index is 5.50. The van der Waals surface area contributed by atoms with E-state index in [4.69, 9.17) is 18.9 Å². The number of ether oxygens (including phenoxy) is 4. The molecule has 6 rings (SSSR count). The predicted octanol–water partition coefficient (Wildman–Crippen LogP) is 2.05. The molecule has 0 saturated carbocycles. The lowest BCUT2D eigenvalue weighted by atomic mass is 10.1. The summed E-state index contributed by atoms with van der Waals surface area (Å²) in [5, 5.41) is 2.56. The van der Waals surface area contributed by atoms with Crippen LogP contribution >= 0.6 is 0 Å². The van der Waals surface area contributed by atoms with E-state index in [1.165, 1.54) is 22.1 Å². The molecule has 0 N–H and O–H groups in total. The monoisotopic (exact) mass is 382 g/mol. The Kier molecular flexibility index (Phi) is 4.19. The third-order valence-electron chi connectivity index (χ3n) is 5.85. The molecule has 2 aromatic carbocycles. The number of benzene rings is 2. The van der Waals surface area contributed by atoms with Crippen LogP contribution in [-0.4, -0.2) is 77.0 Å². The second-order valence-corrected chi connectivity index (χ2v) is 8.31. The van der Waals surface area contributed by atoms with Gasteiger partial charge in [0.15, 0.2) is 0 Å². The minimum Gasteiger partial charge on any atom is -0.371 e. The van der Waals surface area contributed by atoms with Gasteiger partial charge in [0.2, 0.25) is 0 Å². The first kappa shape index (κ1) is 17.0. The van der Waals surface area contributed by atoms with E-state index in [-0.39, 0.29) is 0 Å². The van der Waals surface area contributed by atoms with E-state index >= 15 is 0 Å². The number of nitrogens with zero attached hydrogens (tertiary/aromatic N) is 2. The fourth-order valence-corrected chi connectivity index (χ4v) is 3.96. The molecule has 6 nitrogen and oxygen atoms in total. The van der Waals surface area contributed by atoms with Crippen molar-refractivity contribution in [3.05, 3.63) is 36.4 Å². The van der Waals surface area contributed by atoms with Crippen LogP contribution in [-0.2, 0) is 18.9 Å². The van der Waals surface area contributed by atoms with Gasteiger partial charge in [-0.05, 0) is 23.6 Å². The maximum absolute atomic E-state index is 5.50. The molecule has 0 aromatic heterocycles. The van der Waals surface area contributed by atoms with Crippen molar-refractivity contribution >= 4 is 22.1 Å². The van der Waals surface area contributed by atoms with Crippen LogP contribution in [0.15, 0.2) is 36.4 Å². The molecule has 28 heavy (non-hydrogen) atoms. The zero-order valence-corrected chi connectivity index (χ0v) is 16.0. The second kappa shape index (κ2) is 6.88. The fraction of sp³-hybridized carbons (Fsp3) is 0.545. The first-order chi connectivity index (χ1) is 13.8. The summed E-state index contributed by atoms with van der Waals surface area (Å²) in [4.78, 5) is 4.85. The molecular formula is C22H26N2O4. The number of hydrogen-bond acceptors (Lipinski definition) is 6. The summed E-state index contributed by atoms with van der Waals surface area (Å²) < 4.78 is 21.9. The number of epoxide rings is 4. The van der Waals surface area contributed by atoms with E-state index in [9.17, 15) is 0 Å². The topological polar surface area (TPSA) is 56.6 Å². The van der Waals surface area contributed by atoms with Crippen molar-refractivity contribution in [3.8, 4) is 0 Å². The molecule has 4 fully saturated rings. The Labute approximate surface area is 164 Å². The molecule has 0 amide bonds. The molecule has 0 spiro atoms. The SMILES string of the molecule is c1cc(N(CC2CO2)CC2CO2)c2ccc(N(CC3CO3)CC3CO3)cc2c1. The molecule has 0 aliphatic carbocycles. The summed E-state index contributed by atoms with van der Waals surface area (Å²) in [5.41, 5.74) is 2.52. The van der Waals surface area contributed by atoms with Gasteiger partial charge in [-0.1, -0.05) is 18.2 Å². The third-order valence-corrected chi connectivity index (χ3v) is 5.85. The third kappa shape index (κ3) is 3.96. The summed E-state index contributed by atoms with van der Waals surface area (Å²) in [6, 6.07) is 13.4. The highest BCUT2D eigenvalue weighted by Crippen LogP contribution is 2.33. The highest BCUT2D eigenvalue weighted by atomic mass is 16.6. The minimum absolute atomic E-state index is 0.362. The van der Waals surface area contributed by atoms with Crippen LogP contribution in [0.25, 0.3) is 10.8 Å². The lowest BCUT2D eigenvalue weighted by Crippen LogP contribution is -2.32. The van der Waals surface area contributed by atoms with Crippen LogP contribution < -0.4 is 9.80 Å². The summed E-state index contributed by atoms with van der Waals surface area (Å²) in [7, 11) is 0. The van der Waals surface area contributed by atoms with Crippen LogP contribution in [0.5, 0.6) is 0 Å². The van der Waals surface area contributed by atoms with Crippen molar-refractivity contribution in [3.63, 3.8) is 0 Å². The van der Waals surface area contributed by atoms with Crippen LogP contribution in [0.1, 0.15) is 0 Å². The molecule has 4 aliphatic rings. The lowest BCUT2D eigenvalue weighted by molar-refractivity contribution is 0.389. The number of rotatable bonds is 10. The average molecular weight is 382 g/mol. The standard InChI is InChI=1S/C22H26N2O4/c1-2-15-6-16(23(7-17-11-25-17)8-18-12-26-18)4-5-21(15)22(3-1)24(9-19-13-27-19)10-20-14-28-20/h1-6,17-20H,7-14H2. The molecule has 4 unspecified atom stereocenters. The molecule has 4 atom stereocenters. The zero-order chi connectivity index (χ0) is 18.5. The molecule has 148 valence electrons. The van der Waals surface area contributed by atoms with Gasteiger partial charge in [0.05, 0.1) is 50.8 Å². The van der Waals surface area contributed by atoms with Crippen LogP contribution in [0.4, 0.5) is 11.4 Å². The molecule has 4 heterocycles. The van der Waals surface area contributed by atoms with E-state index in [1.807, 2.05) is 0 Å². The smallest absolute Gasteiger partial charge is 0.0984 e. The Hall–Kier alpha value is -1.86. The van der Waals surface area contributed by atoms with Crippen LogP contribution in [0.3, 0.4) is 0 Å². The van der Waals surface area contributed by atoms with Crippen molar-refractivity contribution < 1.29 is 18.9 Å². The number of anilines is 2. The predicted molar refractivity (Wildman–Crippen MR) is 107 cm³/mol. The number of fused-ring (bicyclic) bond motifs is 1. The highest BCUT2D eigenvalue weighted by Gasteiger charge is 2.32. The molecule has 4 aliphatic heterocycles. The Morgan fingerprint density at radius 1 is 0.679 bits per heavy atom. The van der Waals surface area contributed by atoms with E-state index in [0.29, 0.717) is 24.4 Å². The van der Waals surface area contributed by atoms with Crippen molar-refractivity contribution in [1.82, 2.24) is 0 Å². The van der Waals surface area contributed by atoms with Crippen molar-refractivity contribution in [2.24, 2.45) is 0 Å². The molecule has 0 bridgehead atoms. The van der Waals surface area contributed by atoms with Gasteiger partial charge in [0.1, 0.15) is 0 Å². The average Bonchev–Trinajstić information content (AvgIpc) is 3.55. The van der Waals surface area contributed by atoms with Crippen molar-refractivity contribution in [1.29, 1.82) is 0 Å². The summed E-state index contributed by atoms with van der Waals surface area (Å²) in [6.07, 6.45) is 1.46. The molecule has 2 aromatic rings. The van der Waals surface area contributed by atoms with E-state index < -0.39 is 0 Å². The molecular weight excluding hydrogens is 356 g/mol. The largest absolute Gasteiger partial charge is 0.371 e. The first-order valence-corrected chi connectivity index (χ1v) is 10.3. The molecule has 0 radical (unpaired) electrons. The fourth-order valence-electron chi connectivity index (χ4n) is 3.96. The van der Waals surface area contributed by atoms with Crippen molar-refractivity contribution in [2.75, 3.05) is 62.4 Å². The quantitative estimate of drug-likeness (QED) is 0.586. The van der Waals surface area contributed by atoms with Gasteiger partial charge in [-0.2, -0.15) is 0 Å².